The highest BCUT2D eigenvalue weighted by Crippen LogP contribution is 2.37. The third-order valence-electron chi connectivity index (χ3n) is 5.26. The number of carbonyl (C=O) groups excluding carboxylic acids is 1. The molecule has 0 aromatic heterocycles. The lowest BCUT2D eigenvalue weighted by Crippen LogP contribution is -2.53. The summed E-state index contributed by atoms with van der Waals surface area (Å²) in [6.07, 6.45) is 7.90. The van der Waals surface area contributed by atoms with Gasteiger partial charge in [-0.2, -0.15) is 0 Å². The summed E-state index contributed by atoms with van der Waals surface area (Å²) in [5.41, 5.74) is -0.453. The van der Waals surface area contributed by atoms with Crippen molar-refractivity contribution in [2.24, 2.45) is 0 Å². The van der Waals surface area contributed by atoms with Gasteiger partial charge in [0, 0.05) is 25.2 Å². The van der Waals surface area contributed by atoms with Gasteiger partial charge in [-0.3, -0.25) is 10.1 Å². The van der Waals surface area contributed by atoms with Gasteiger partial charge in [-0.15, -0.1) is 0 Å². The molecule has 3 rings (SSSR count). The van der Waals surface area contributed by atoms with Gasteiger partial charge in [-0.1, -0.05) is 0 Å². The van der Waals surface area contributed by atoms with Gasteiger partial charge in [0.15, 0.2) is 0 Å². The van der Waals surface area contributed by atoms with Crippen LogP contribution in [-0.4, -0.2) is 61.9 Å². The third-order valence-corrected chi connectivity index (χ3v) is 5.26. The minimum atomic E-state index is -0.453. The van der Waals surface area contributed by atoms with Crippen LogP contribution in [0.4, 0.5) is 0 Å². The normalized spacial score (nSPS) is 36.3. The van der Waals surface area contributed by atoms with E-state index in [4.69, 9.17) is 9.47 Å². The number of hydrogen-bond donors (Lipinski definition) is 1. The van der Waals surface area contributed by atoms with Crippen LogP contribution in [-0.2, 0) is 14.3 Å². The maximum Gasteiger partial charge on any atom is 0.326 e. The molecular weight excluding hydrogens is 268 g/mol. The van der Waals surface area contributed by atoms with Gasteiger partial charge in [0.25, 0.3) is 0 Å². The van der Waals surface area contributed by atoms with E-state index in [9.17, 15) is 4.79 Å². The first-order valence-electron chi connectivity index (χ1n) is 8.31. The molecule has 1 heterocycles. The maximum absolute atomic E-state index is 12.3. The second-order valence-electron chi connectivity index (χ2n) is 6.96. The Hall–Kier alpha value is -0.650. The number of esters is 1. The van der Waals surface area contributed by atoms with Crippen molar-refractivity contribution in [1.82, 2.24) is 10.2 Å². The van der Waals surface area contributed by atoms with Crippen molar-refractivity contribution in [2.75, 3.05) is 27.3 Å². The van der Waals surface area contributed by atoms with Crippen molar-refractivity contribution < 1.29 is 14.3 Å². The molecule has 2 aliphatic carbocycles. The van der Waals surface area contributed by atoms with Crippen molar-refractivity contribution in [3.8, 4) is 0 Å². The van der Waals surface area contributed by atoms with E-state index in [2.05, 4.69) is 17.3 Å². The topological polar surface area (TPSA) is 50.8 Å². The molecule has 120 valence electrons. The first kappa shape index (κ1) is 15.3. The monoisotopic (exact) mass is 296 g/mol. The van der Waals surface area contributed by atoms with E-state index < -0.39 is 5.54 Å². The molecule has 5 heteroatoms. The van der Waals surface area contributed by atoms with E-state index in [1.165, 1.54) is 32.8 Å². The van der Waals surface area contributed by atoms with Crippen LogP contribution >= 0.6 is 0 Å². The standard InChI is InChI=1S/C16H28N2O3/c1-18(11-14-4-3-9-21-14)13-7-8-16(10-13,15(19)20-2)17-12-5-6-12/h12-14,17H,3-11H2,1-2H3. The Bertz CT molecular complexity index is 380. The summed E-state index contributed by atoms with van der Waals surface area (Å²) in [5.74, 6) is -0.0811. The number of hydrogen-bond acceptors (Lipinski definition) is 5. The zero-order chi connectivity index (χ0) is 14.9. The Kier molecular flexibility index (Phi) is 4.52. The number of nitrogens with one attached hydrogen (secondary N) is 1. The van der Waals surface area contributed by atoms with Crippen LogP contribution in [0.1, 0.15) is 44.9 Å². The average Bonchev–Trinajstić information content (AvgIpc) is 2.97. The molecule has 0 spiro atoms. The van der Waals surface area contributed by atoms with Crippen molar-refractivity contribution in [1.29, 1.82) is 0 Å². The molecule has 1 saturated heterocycles. The molecule has 0 amide bonds. The number of nitrogens with zero attached hydrogens (tertiary/aromatic N) is 1. The number of ether oxygens (including phenoxy) is 2. The summed E-state index contributed by atoms with van der Waals surface area (Å²) < 4.78 is 10.8. The van der Waals surface area contributed by atoms with Gasteiger partial charge in [0.05, 0.1) is 13.2 Å². The van der Waals surface area contributed by atoms with Crippen molar-refractivity contribution in [3.05, 3.63) is 0 Å². The maximum atomic E-state index is 12.3. The van der Waals surface area contributed by atoms with Crippen LogP contribution in [0.2, 0.25) is 0 Å². The summed E-state index contributed by atoms with van der Waals surface area (Å²) in [7, 11) is 3.67. The molecule has 3 fully saturated rings. The fourth-order valence-corrected chi connectivity index (χ4v) is 3.84. The van der Waals surface area contributed by atoms with Crippen LogP contribution in [0.3, 0.4) is 0 Å². The second kappa shape index (κ2) is 6.23. The van der Waals surface area contributed by atoms with E-state index >= 15 is 0 Å². The Morgan fingerprint density at radius 2 is 2.19 bits per heavy atom. The zero-order valence-corrected chi connectivity index (χ0v) is 13.3. The van der Waals surface area contributed by atoms with Gasteiger partial charge in [-0.05, 0) is 52.0 Å². The summed E-state index contributed by atoms with van der Waals surface area (Å²) in [5, 5.41) is 3.56. The molecule has 0 bridgehead atoms. The number of methoxy groups -OCH3 is 1. The van der Waals surface area contributed by atoms with Gasteiger partial charge in [-0.25, -0.2) is 0 Å². The zero-order valence-electron chi connectivity index (χ0n) is 13.3. The summed E-state index contributed by atoms with van der Waals surface area (Å²) >= 11 is 0. The Morgan fingerprint density at radius 1 is 1.38 bits per heavy atom. The molecule has 21 heavy (non-hydrogen) atoms. The molecule has 3 atom stereocenters. The molecule has 3 unspecified atom stereocenters. The highest BCUT2D eigenvalue weighted by atomic mass is 16.5. The largest absolute Gasteiger partial charge is 0.468 e. The van der Waals surface area contributed by atoms with Crippen LogP contribution in [0.25, 0.3) is 0 Å². The molecule has 1 N–H and O–H groups in total. The van der Waals surface area contributed by atoms with Gasteiger partial charge in [0.1, 0.15) is 5.54 Å². The lowest BCUT2D eigenvalue weighted by molar-refractivity contribution is -0.148. The van der Waals surface area contributed by atoms with Crippen molar-refractivity contribution >= 4 is 5.97 Å². The average molecular weight is 296 g/mol. The lowest BCUT2D eigenvalue weighted by Gasteiger charge is -2.31. The first-order valence-corrected chi connectivity index (χ1v) is 8.31. The lowest BCUT2D eigenvalue weighted by atomic mass is 9.97. The van der Waals surface area contributed by atoms with Gasteiger partial charge >= 0.3 is 5.97 Å². The Labute approximate surface area is 127 Å². The fraction of sp³-hybridized carbons (Fsp3) is 0.938. The minimum absolute atomic E-state index is 0.0811. The van der Waals surface area contributed by atoms with Gasteiger partial charge < -0.3 is 14.4 Å². The van der Waals surface area contributed by atoms with Crippen LogP contribution < -0.4 is 5.32 Å². The number of rotatable bonds is 6. The summed E-state index contributed by atoms with van der Waals surface area (Å²) in [4.78, 5) is 14.7. The minimum Gasteiger partial charge on any atom is -0.468 e. The predicted octanol–water partition coefficient (Wildman–Crippen LogP) is 1.31. The quantitative estimate of drug-likeness (QED) is 0.749. The van der Waals surface area contributed by atoms with E-state index in [0.717, 1.165) is 32.4 Å². The smallest absolute Gasteiger partial charge is 0.326 e. The second-order valence-corrected chi connectivity index (χ2v) is 6.96. The van der Waals surface area contributed by atoms with Crippen LogP contribution in [0.5, 0.6) is 0 Å². The molecule has 5 nitrogen and oxygen atoms in total. The molecule has 3 aliphatic rings. The Morgan fingerprint density at radius 3 is 2.81 bits per heavy atom. The van der Waals surface area contributed by atoms with Crippen LogP contribution in [0, 0.1) is 0 Å². The van der Waals surface area contributed by atoms with E-state index in [1.54, 1.807) is 0 Å². The molecule has 1 aliphatic heterocycles. The predicted molar refractivity (Wildman–Crippen MR) is 80.1 cm³/mol. The van der Waals surface area contributed by atoms with Crippen LogP contribution in [0.15, 0.2) is 0 Å². The van der Waals surface area contributed by atoms with Crippen molar-refractivity contribution in [3.63, 3.8) is 0 Å². The SMILES string of the molecule is COC(=O)C1(NC2CC2)CCC(N(C)CC2CCCO2)C1. The van der Waals surface area contributed by atoms with E-state index in [1.807, 2.05) is 0 Å². The Balaban J connectivity index is 1.59. The van der Waals surface area contributed by atoms with E-state index in [-0.39, 0.29) is 5.97 Å². The molecule has 0 aromatic rings. The number of likely N-dealkylation sites (N-methyl/N-ethyl adjacent to an activating group) is 1. The molecule has 2 saturated carbocycles. The highest BCUT2D eigenvalue weighted by Gasteiger charge is 2.49. The molecular formula is C16H28N2O3. The molecule has 0 aromatic carbocycles. The fourth-order valence-electron chi connectivity index (χ4n) is 3.84. The highest BCUT2D eigenvalue weighted by molar-refractivity contribution is 5.81. The summed E-state index contributed by atoms with van der Waals surface area (Å²) in [6.45, 7) is 1.88. The van der Waals surface area contributed by atoms with Crippen molar-refractivity contribution in [2.45, 2.75) is 68.7 Å². The first-order chi connectivity index (χ1) is 10.1. The molecule has 0 radical (unpaired) electrons. The number of carbonyl (C=O) groups is 1. The summed E-state index contributed by atoms with van der Waals surface area (Å²) in [6, 6.07) is 0.964. The third kappa shape index (κ3) is 3.41. The van der Waals surface area contributed by atoms with Gasteiger partial charge in [0.2, 0.25) is 0 Å². The van der Waals surface area contributed by atoms with E-state index in [0.29, 0.717) is 18.2 Å².